The smallest absolute Gasteiger partial charge is 0.264 e. The maximum absolute atomic E-state index is 13.2. The minimum atomic E-state index is -3.82. The van der Waals surface area contributed by atoms with Crippen LogP contribution in [0.4, 0.5) is 5.69 Å². The number of carbonyl (C=O) groups is 1. The van der Waals surface area contributed by atoms with Crippen molar-refractivity contribution in [2.45, 2.75) is 24.7 Å². The normalized spacial score (nSPS) is 17.7. The molecule has 138 valence electrons. The van der Waals surface area contributed by atoms with Gasteiger partial charge in [0.1, 0.15) is 6.54 Å². The summed E-state index contributed by atoms with van der Waals surface area (Å²) in [6.45, 7) is 3.31. The number of carbonyl (C=O) groups excluding carboxylic acids is 1. The SMILES string of the molecule is CC1CCCN(C(=O)CN(c2ccccc2)S(=O)(=O)c2ccccc2)C1. The van der Waals surface area contributed by atoms with Crippen LogP contribution in [0.2, 0.25) is 0 Å². The Labute approximate surface area is 155 Å². The maximum Gasteiger partial charge on any atom is 0.264 e. The first kappa shape index (κ1) is 18.5. The molecular formula is C20H24N2O3S. The quantitative estimate of drug-likeness (QED) is 0.810. The molecule has 0 spiro atoms. The van der Waals surface area contributed by atoms with Crippen molar-refractivity contribution in [2.24, 2.45) is 5.92 Å². The molecule has 1 heterocycles. The Morgan fingerprint density at radius 2 is 1.69 bits per heavy atom. The Hall–Kier alpha value is -2.34. The number of nitrogens with zero attached hydrogens (tertiary/aromatic N) is 2. The molecule has 1 unspecified atom stereocenters. The van der Waals surface area contributed by atoms with Crippen LogP contribution in [0.5, 0.6) is 0 Å². The Morgan fingerprint density at radius 1 is 1.08 bits per heavy atom. The van der Waals surface area contributed by atoms with Gasteiger partial charge in [0.15, 0.2) is 0 Å². The minimum Gasteiger partial charge on any atom is -0.341 e. The van der Waals surface area contributed by atoms with Crippen molar-refractivity contribution in [3.05, 3.63) is 60.7 Å². The predicted octanol–water partition coefficient (Wildman–Crippen LogP) is 3.14. The zero-order valence-electron chi connectivity index (χ0n) is 14.9. The van der Waals surface area contributed by atoms with Gasteiger partial charge in [0.05, 0.1) is 10.6 Å². The van der Waals surface area contributed by atoms with Gasteiger partial charge in [-0.25, -0.2) is 8.42 Å². The second kappa shape index (κ2) is 7.91. The third-order valence-corrected chi connectivity index (χ3v) is 6.45. The standard InChI is InChI=1S/C20H24N2O3S/c1-17-9-8-14-21(15-17)20(23)16-22(18-10-4-2-5-11-18)26(24,25)19-12-6-3-7-13-19/h2-7,10-13,17H,8-9,14-16H2,1H3. The zero-order valence-corrected chi connectivity index (χ0v) is 15.7. The van der Waals surface area contributed by atoms with E-state index in [9.17, 15) is 13.2 Å². The van der Waals surface area contributed by atoms with Gasteiger partial charge in [-0.1, -0.05) is 43.3 Å². The molecule has 1 amide bonds. The van der Waals surface area contributed by atoms with Gasteiger partial charge in [-0.15, -0.1) is 0 Å². The fourth-order valence-electron chi connectivity index (χ4n) is 3.27. The van der Waals surface area contributed by atoms with E-state index in [1.165, 1.54) is 4.31 Å². The average Bonchev–Trinajstić information content (AvgIpc) is 2.67. The molecule has 1 aliphatic rings. The average molecular weight is 372 g/mol. The number of likely N-dealkylation sites (tertiary alicyclic amines) is 1. The Balaban J connectivity index is 1.91. The van der Waals surface area contributed by atoms with E-state index in [2.05, 4.69) is 6.92 Å². The molecule has 2 aromatic carbocycles. The van der Waals surface area contributed by atoms with Crippen LogP contribution in [0.15, 0.2) is 65.6 Å². The number of hydrogen-bond acceptors (Lipinski definition) is 3. The van der Waals surface area contributed by atoms with Crippen LogP contribution < -0.4 is 4.31 Å². The topological polar surface area (TPSA) is 57.7 Å². The van der Waals surface area contributed by atoms with E-state index in [0.29, 0.717) is 24.7 Å². The molecule has 26 heavy (non-hydrogen) atoms. The largest absolute Gasteiger partial charge is 0.341 e. The van der Waals surface area contributed by atoms with Crippen molar-refractivity contribution in [1.29, 1.82) is 0 Å². The number of piperidine rings is 1. The number of benzene rings is 2. The van der Waals surface area contributed by atoms with Gasteiger partial charge >= 0.3 is 0 Å². The van der Waals surface area contributed by atoms with E-state index < -0.39 is 10.0 Å². The number of amides is 1. The van der Waals surface area contributed by atoms with Gasteiger partial charge in [-0.05, 0) is 43.0 Å². The highest BCUT2D eigenvalue weighted by molar-refractivity contribution is 7.92. The van der Waals surface area contributed by atoms with Crippen molar-refractivity contribution in [2.75, 3.05) is 23.9 Å². The molecule has 6 heteroatoms. The van der Waals surface area contributed by atoms with Crippen LogP contribution >= 0.6 is 0 Å². The van der Waals surface area contributed by atoms with Crippen LogP contribution in [0.25, 0.3) is 0 Å². The minimum absolute atomic E-state index is 0.153. The zero-order chi connectivity index (χ0) is 18.6. The number of sulfonamides is 1. The molecule has 0 bridgehead atoms. The van der Waals surface area contributed by atoms with Gasteiger partial charge in [-0.3, -0.25) is 9.10 Å². The fourth-order valence-corrected chi connectivity index (χ4v) is 4.70. The second-order valence-corrected chi connectivity index (χ2v) is 8.61. The lowest BCUT2D eigenvalue weighted by atomic mass is 10.0. The summed E-state index contributed by atoms with van der Waals surface area (Å²) in [6.07, 6.45) is 2.07. The summed E-state index contributed by atoms with van der Waals surface area (Å²) in [5.74, 6) is 0.295. The third-order valence-electron chi connectivity index (χ3n) is 4.66. The highest BCUT2D eigenvalue weighted by Crippen LogP contribution is 2.24. The van der Waals surface area contributed by atoms with Gasteiger partial charge in [0, 0.05) is 13.1 Å². The molecule has 0 aromatic heterocycles. The van der Waals surface area contributed by atoms with Gasteiger partial charge < -0.3 is 4.90 Å². The molecular weight excluding hydrogens is 348 g/mol. The summed E-state index contributed by atoms with van der Waals surface area (Å²) < 4.78 is 27.6. The molecule has 1 aliphatic heterocycles. The summed E-state index contributed by atoms with van der Waals surface area (Å²) in [6, 6.07) is 17.1. The van der Waals surface area contributed by atoms with Crippen LogP contribution in [0.3, 0.4) is 0 Å². The van der Waals surface area contributed by atoms with Gasteiger partial charge in [0.25, 0.3) is 10.0 Å². The van der Waals surface area contributed by atoms with E-state index in [0.717, 1.165) is 12.8 Å². The van der Waals surface area contributed by atoms with E-state index in [4.69, 9.17) is 0 Å². The molecule has 1 atom stereocenters. The molecule has 3 rings (SSSR count). The highest BCUT2D eigenvalue weighted by atomic mass is 32.2. The van der Waals surface area contributed by atoms with E-state index in [1.807, 2.05) is 6.07 Å². The number of para-hydroxylation sites is 1. The lowest BCUT2D eigenvalue weighted by Gasteiger charge is -2.33. The molecule has 2 aromatic rings. The second-order valence-electron chi connectivity index (χ2n) is 6.75. The number of hydrogen-bond donors (Lipinski definition) is 0. The first-order valence-electron chi connectivity index (χ1n) is 8.89. The molecule has 0 saturated carbocycles. The summed E-state index contributed by atoms with van der Waals surface area (Å²) in [5.41, 5.74) is 0.495. The van der Waals surface area contributed by atoms with Crippen LogP contribution in [-0.4, -0.2) is 38.9 Å². The first-order chi connectivity index (χ1) is 12.5. The fraction of sp³-hybridized carbons (Fsp3) is 0.350. The molecule has 1 fully saturated rings. The van der Waals surface area contributed by atoms with E-state index >= 15 is 0 Å². The van der Waals surface area contributed by atoms with Gasteiger partial charge in [0.2, 0.25) is 5.91 Å². The Bertz CT molecular complexity index is 838. The Kier molecular flexibility index (Phi) is 5.61. The van der Waals surface area contributed by atoms with Crippen LogP contribution in [-0.2, 0) is 14.8 Å². The van der Waals surface area contributed by atoms with Crippen molar-refractivity contribution < 1.29 is 13.2 Å². The number of anilines is 1. The van der Waals surface area contributed by atoms with Crippen molar-refractivity contribution in [3.8, 4) is 0 Å². The Morgan fingerprint density at radius 3 is 2.31 bits per heavy atom. The molecule has 0 aliphatic carbocycles. The lowest BCUT2D eigenvalue weighted by molar-refractivity contribution is -0.131. The maximum atomic E-state index is 13.2. The monoisotopic (exact) mass is 372 g/mol. The van der Waals surface area contributed by atoms with Crippen LogP contribution in [0.1, 0.15) is 19.8 Å². The molecule has 5 nitrogen and oxygen atoms in total. The summed E-state index contributed by atoms with van der Waals surface area (Å²) in [5, 5.41) is 0. The summed E-state index contributed by atoms with van der Waals surface area (Å²) in [7, 11) is -3.82. The van der Waals surface area contributed by atoms with Crippen molar-refractivity contribution >= 4 is 21.6 Å². The predicted molar refractivity (Wildman–Crippen MR) is 102 cm³/mol. The highest BCUT2D eigenvalue weighted by Gasteiger charge is 2.30. The summed E-state index contributed by atoms with van der Waals surface area (Å²) >= 11 is 0. The first-order valence-corrected chi connectivity index (χ1v) is 10.3. The van der Waals surface area contributed by atoms with Gasteiger partial charge in [-0.2, -0.15) is 0 Å². The molecule has 0 radical (unpaired) electrons. The van der Waals surface area contributed by atoms with E-state index in [-0.39, 0.29) is 17.3 Å². The van der Waals surface area contributed by atoms with E-state index in [1.54, 1.807) is 59.5 Å². The number of rotatable bonds is 5. The lowest BCUT2D eigenvalue weighted by Crippen LogP contribution is -2.46. The molecule has 0 N–H and O–H groups in total. The van der Waals surface area contributed by atoms with Crippen molar-refractivity contribution in [3.63, 3.8) is 0 Å². The van der Waals surface area contributed by atoms with Crippen LogP contribution in [0, 0.1) is 5.92 Å². The third kappa shape index (κ3) is 4.07. The molecule has 1 saturated heterocycles. The van der Waals surface area contributed by atoms with Crippen molar-refractivity contribution in [1.82, 2.24) is 4.90 Å². The summed E-state index contributed by atoms with van der Waals surface area (Å²) in [4.78, 5) is 14.8.